The first-order valence-electron chi connectivity index (χ1n) is 3.66. The van der Waals surface area contributed by atoms with Gasteiger partial charge in [0, 0.05) is 12.0 Å². The Labute approximate surface area is 56.3 Å². The van der Waals surface area contributed by atoms with Crippen LogP contribution in [0.5, 0.6) is 0 Å². The topological polar surface area (TPSA) is 32.3 Å². The van der Waals surface area contributed by atoms with Gasteiger partial charge in [0.1, 0.15) is 0 Å². The van der Waals surface area contributed by atoms with Gasteiger partial charge in [-0.15, -0.1) is 0 Å². The monoisotopic (exact) mass is 129 g/mol. The number of rotatable bonds is 3. The largest absolute Gasteiger partial charge is 0.391 e. The number of likely N-dealkylation sites (N-methyl/N-ethyl adjacent to an activating group) is 1. The van der Waals surface area contributed by atoms with Crippen molar-refractivity contribution in [2.45, 2.75) is 31.9 Å². The number of hydrogen-bond donors (Lipinski definition) is 2. The van der Waals surface area contributed by atoms with E-state index in [0.717, 1.165) is 6.42 Å². The fourth-order valence-corrected chi connectivity index (χ4v) is 1.42. The van der Waals surface area contributed by atoms with Crippen LogP contribution in [0, 0.1) is 5.92 Å². The maximum atomic E-state index is 9.15. The maximum absolute atomic E-state index is 9.15. The van der Waals surface area contributed by atoms with Crippen molar-refractivity contribution in [3.8, 4) is 0 Å². The summed E-state index contributed by atoms with van der Waals surface area (Å²) in [5.41, 5.74) is 0. The summed E-state index contributed by atoms with van der Waals surface area (Å²) >= 11 is 0. The second kappa shape index (κ2) is 2.67. The van der Waals surface area contributed by atoms with Crippen LogP contribution in [0.25, 0.3) is 0 Å². The molecule has 0 heterocycles. The lowest BCUT2D eigenvalue weighted by Gasteiger charge is -1.91. The van der Waals surface area contributed by atoms with Gasteiger partial charge in [-0.2, -0.15) is 0 Å². The van der Waals surface area contributed by atoms with Crippen LogP contribution in [-0.4, -0.2) is 24.3 Å². The van der Waals surface area contributed by atoms with Crippen LogP contribution in [0.2, 0.25) is 0 Å². The van der Waals surface area contributed by atoms with E-state index in [0.29, 0.717) is 12.0 Å². The zero-order valence-electron chi connectivity index (χ0n) is 6.09. The molecule has 1 aliphatic rings. The van der Waals surface area contributed by atoms with Crippen molar-refractivity contribution < 1.29 is 5.11 Å². The Morgan fingerprint density at radius 1 is 1.56 bits per heavy atom. The molecule has 0 aliphatic heterocycles. The lowest BCUT2D eigenvalue weighted by atomic mass is 10.2. The summed E-state index contributed by atoms with van der Waals surface area (Å²) in [6, 6.07) is 0.393. The molecule has 3 unspecified atom stereocenters. The number of aliphatic hydroxyl groups excluding tert-OH is 1. The second-order valence-corrected chi connectivity index (χ2v) is 2.76. The molecule has 1 saturated carbocycles. The predicted molar refractivity (Wildman–Crippen MR) is 37.3 cm³/mol. The lowest BCUT2D eigenvalue weighted by Crippen LogP contribution is -2.13. The van der Waals surface area contributed by atoms with E-state index in [-0.39, 0.29) is 6.10 Å². The fraction of sp³-hybridized carbons (Fsp3) is 1.00. The first-order chi connectivity index (χ1) is 4.31. The summed E-state index contributed by atoms with van der Waals surface area (Å²) in [6.07, 6.45) is 2.28. The molecule has 1 fully saturated rings. The van der Waals surface area contributed by atoms with Crippen molar-refractivity contribution in [1.29, 1.82) is 0 Å². The van der Waals surface area contributed by atoms with Gasteiger partial charge in [-0.25, -0.2) is 0 Å². The van der Waals surface area contributed by atoms with Crippen molar-refractivity contribution >= 4 is 0 Å². The molecule has 3 atom stereocenters. The Morgan fingerprint density at radius 3 is 2.56 bits per heavy atom. The molecule has 0 aromatic carbocycles. The lowest BCUT2D eigenvalue weighted by molar-refractivity contribution is 0.249. The van der Waals surface area contributed by atoms with Gasteiger partial charge < -0.3 is 10.4 Å². The summed E-state index contributed by atoms with van der Waals surface area (Å²) in [5.74, 6) is 0.542. The van der Waals surface area contributed by atoms with E-state index in [1.165, 1.54) is 6.42 Å². The smallest absolute Gasteiger partial charge is 0.0740 e. The molecule has 9 heavy (non-hydrogen) atoms. The molecule has 1 aliphatic carbocycles. The SMILES string of the molecule is CCCC1C(O)C1NC. The molecule has 1 rings (SSSR count). The normalized spacial score (nSPS) is 41.0. The minimum absolute atomic E-state index is 0.0602. The highest BCUT2D eigenvalue weighted by Crippen LogP contribution is 2.34. The van der Waals surface area contributed by atoms with Gasteiger partial charge >= 0.3 is 0 Å². The maximum Gasteiger partial charge on any atom is 0.0740 e. The molecule has 2 N–H and O–H groups in total. The summed E-state index contributed by atoms with van der Waals surface area (Å²) in [5, 5.41) is 12.2. The van der Waals surface area contributed by atoms with Crippen molar-refractivity contribution in [1.82, 2.24) is 5.32 Å². The zero-order valence-corrected chi connectivity index (χ0v) is 6.09. The minimum atomic E-state index is -0.0602. The van der Waals surface area contributed by atoms with Crippen molar-refractivity contribution in [3.05, 3.63) is 0 Å². The average Bonchev–Trinajstić information content (AvgIpc) is 2.44. The molecule has 2 heteroatoms. The quantitative estimate of drug-likeness (QED) is 0.577. The van der Waals surface area contributed by atoms with Gasteiger partial charge in [0.05, 0.1) is 6.10 Å². The van der Waals surface area contributed by atoms with Crippen LogP contribution in [0.1, 0.15) is 19.8 Å². The van der Waals surface area contributed by atoms with E-state index < -0.39 is 0 Å². The number of aliphatic hydroxyl groups is 1. The molecule has 2 nitrogen and oxygen atoms in total. The van der Waals surface area contributed by atoms with Crippen LogP contribution >= 0.6 is 0 Å². The van der Waals surface area contributed by atoms with Crippen LogP contribution in [0.15, 0.2) is 0 Å². The number of hydrogen-bond acceptors (Lipinski definition) is 2. The molecule has 0 bridgehead atoms. The van der Waals surface area contributed by atoms with Crippen LogP contribution in [0.3, 0.4) is 0 Å². The van der Waals surface area contributed by atoms with Crippen molar-refractivity contribution in [3.63, 3.8) is 0 Å². The van der Waals surface area contributed by atoms with E-state index in [1.807, 2.05) is 7.05 Å². The van der Waals surface area contributed by atoms with Gasteiger partial charge in [0.15, 0.2) is 0 Å². The minimum Gasteiger partial charge on any atom is -0.391 e. The van der Waals surface area contributed by atoms with E-state index in [9.17, 15) is 0 Å². The van der Waals surface area contributed by atoms with Crippen LogP contribution in [0.4, 0.5) is 0 Å². The summed E-state index contributed by atoms with van der Waals surface area (Å²) < 4.78 is 0. The van der Waals surface area contributed by atoms with Gasteiger partial charge in [0.2, 0.25) is 0 Å². The Morgan fingerprint density at radius 2 is 2.22 bits per heavy atom. The molecule has 0 spiro atoms. The van der Waals surface area contributed by atoms with E-state index in [1.54, 1.807) is 0 Å². The first-order valence-corrected chi connectivity index (χ1v) is 3.66. The third kappa shape index (κ3) is 1.25. The Balaban J connectivity index is 2.17. The molecular weight excluding hydrogens is 114 g/mol. The molecule has 54 valence electrons. The molecule has 0 radical (unpaired) electrons. The summed E-state index contributed by atoms with van der Waals surface area (Å²) in [4.78, 5) is 0. The highest BCUT2D eigenvalue weighted by atomic mass is 16.3. The van der Waals surface area contributed by atoms with Crippen molar-refractivity contribution in [2.75, 3.05) is 7.05 Å². The highest BCUT2D eigenvalue weighted by Gasteiger charge is 2.46. The molecule has 0 aromatic heterocycles. The van der Waals surface area contributed by atoms with Gasteiger partial charge in [-0.05, 0) is 13.5 Å². The Hall–Kier alpha value is -0.0800. The Bertz CT molecular complexity index is 94.9. The van der Waals surface area contributed by atoms with E-state index >= 15 is 0 Å². The van der Waals surface area contributed by atoms with E-state index in [2.05, 4.69) is 12.2 Å². The van der Waals surface area contributed by atoms with Gasteiger partial charge in [0.25, 0.3) is 0 Å². The summed E-state index contributed by atoms with van der Waals surface area (Å²) in [6.45, 7) is 2.15. The summed E-state index contributed by atoms with van der Waals surface area (Å²) in [7, 11) is 1.91. The third-order valence-electron chi connectivity index (χ3n) is 2.08. The molecule has 0 amide bonds. The second-order valence-electron chi connectivity index (χ2n) is 2.76. The number of nitrogens with one attached hydrogen (secondary N) is 1. The highest BCUT2D eigenvalue weighted by molar-refractivity contribution is 5.02. The average molecular weight is 129 g/mol. The van der Waals surface area contributed by atoms with E-state index in [4.69, 9.17) is 5.11 Å². The fourth-order valence-electron chi connectivity index (χ4n) is 1.42. The first kappa shape index (κ1) is 7.03. The predicted octanol–water partition coefficient (Wildman–Crippen LogP) is 0.365. The van der Waals surface area contributed by atoms with Crippen molar-refractivity contribution in [2.24, 2.45) is 5.92 Å². The van der Waals surface area contributed by atoms with Gasteiger partial charge in [-0.1, -0.05) is 13.3 Å². The molecule has 0 saturated heterocycles. The zero-order chi connectivity index (χ0) is 6.85. The van der Waals surface area contributed by atoms with Crippen LogP contribution in [-0.2, 0) is 0 Å². The van der Waals surface area contributed by atoms with Crippen LogP contribution < -0.4 is 5.32 Å². The molecule has 0 aromatic rings. The van der Waals surface area contributed by atoms with Gasteiger partial charge in [-0.3, -0.25) is 0 Å². The standard InChI is InChI=1S/C7H15NO/c1-3-4-5-6(8-2)7(5)9/h5-9H,3-4H2,1-2H3. The third-order valence-corrected chi connectivity index (χ3v) is 2.08. The Kier molecular flexibility index (Phi) is 2.09. The molecular formula is C7H15NO.